The van der Waals surface area contributed by atoms with Gasteiger partial charge < -0.3 is 13.0 Å². The predicted molar refractivity (Wildman–Crippen MR) is 19.9 cm³/mol. The number of rotatable bonds is 0. The molecule has 0 fully saturated rings. The summed E-state index contributed by atoms with van der Waals surface area (Å²) < 4.78 is 24.1. The maximum atomic E-state index is 8.56. The Morgan fingerprint density at radius 1 is 1.40 bits per heavy atom. The molecule has 31 valence electrons. The van der Waals surface area contributed by atoms with Crippen LogP contribution in [0, 0.1) is 0 Å². The zero-order valence-electron chi connectivity index (χ0n) is 2.67. The molecule has 5 heavy (non-hydrogen) atoms. The molecular weight excluding hydrogens is 150 g/mol. The van der Waals surface area contributed by atoms with Crippen molar-refractivity contribution in [2.45, 2.75) is 0 Å². The van der Waals surface area contributed by atoms with Crippen molar-refractivity contribution >= 4 is 30.8 Å². The van der Waals surface area contributed by atoms with E-state index in [9.17, 15) is 0 Å². The van der Waals surface area contributed by atoms with Crippen molar-refractivity contribution < 1.29 is 13.0 Å². The molecule has 0 aromatic rings. The van der Waals surface area contributed by atoms with E-state index in [1.54, 1.807) is 0 Å². The molecule has 0 amide bonds. The van der Waals surface area contributed by atoms with Crippen LogP contribution in [-0.2, 0) is 19.4 Å². The molecule has 5 heteroatoms. The number of hydrogen-bond acceptors (Lipinski definition) is 3. The average Bonchev–Trinajstić information content (AvgIpc) is 0.811. The van der Waals surface area contributed by atoms with Crippen molar-refractivity contribution in [3.05, 3.63) is 0 Å². The molecular formula is H3GaO3S-. The van der Waals surface area contributed by atoms with Crippen LogP contribution in [0.25, 0.3) is 0 Å². The molecule has 0 bridgehead atoms. The Labute approximate surface area is 44.2 Å². The fourth-order valence-electron chi connectivity index (χ4n) is 0. The molecule has 0 aliphatic rings. The zero-order valence-corrected chi connectivity index (χ0v) is 7.68. The fourth-order valence-corrected chi connectivity index (χ4v) is 0. The van der Waals surface area contributed by atoms with Crippen molar-refractivity contribution in [2.24, 2.45) is 0 Å². The van der Waals surface area contributed by atoms with Gasteiger partial charge in [0.2, 0.25) is 0 Å². The van der Waals surface area contributed by atoms with Crippen molar-refractivity contribution in [3.63, 3.8) is 0 Å². The van der Waals surface area contributed by atoms with Crippen molar-refractivity contribution in [3.8, 4) is 0 Å². The first-order chi connectivity index (χ1) is 1.73. The summed E-state index contributed by atoms with van der Waals surface area (Å²) in [6.45, 7) is 0. The molecule has 1 N–H and O–H groups in total. The normalized spacial score (nSPS) is 6.80. The van der Waals surface area contributed by atoms with E-state index in [1.807, 2.05) is 0 Å². The summed E-state index contributed by atoms with van der Waals surface area (Å²) in [4.78, 5) is 0. The minimum atomic E-state index is -2.86. The SMILES string of the molecule is O=[S-](=O)O.[GaH2]. The molecule has 0 aliphatic heterocycles. The molecule has 0 saturated heterocycles. The van der Waals surface area contributed by atoms with E-state index in [-0.39, 0.29) is 19.8 Å². The standard InChI is InChI=1S/Ga.HO3S.2H/c;1-4(2)3;;/h;(H,1,2,3);;/q;-1;;. The van der Waals surface area contributed by atoms with E-state index < -0.39 is 11.0 Å². The van der Waals surface area contributed by atoms with E-state index in [1.165, 1.54) is 0 Å². The van der Waals surface area contributed by atoms with Gasteiger partial charge in [-0.1, -0.05) is 0 Å². The van der Waals surface area contributed by atoms with Crippen molar-refractivity contribution in [1.82, 2.24) is 0 Å². The third-order valence-electron chi connectivity index (χ3n) is 0. The fraction of sp³-hybridized carbons (Fsp3) is 0. The van der Waals surface area contributed by atoms with E-state index in [2.05, 4.69) is 0 Å². The minimum absolute atomic E-state index is 0. The van der Waals surface area contributed by atoms with Crippen LogP contribution in [0.2, 0.25) is 0 Å². The Hall–Kier alpha value is 0.546. The third kappa shape index (κ3) is 98.8. The van der Waals surface area contributed by atoms with Gasteiger partial charge in [-0.25, -0.2) is 0 Å². The molecule has 0 unspecified atom stereocenters. The Morgan fingerprint density at radius 3 is 1.40 bits per heavy atom. The predicted octanol–water partition coefficient (Wildman–Crippen LogP) is -1.15. The van der Waals surface area contributed by atoms with Gasteiger partial charge in [-0.2, -0.15) is 0 Å². The van der Waals surface area contributed by atoms with Gasteiger partial charge in [0.1, 0.15) is 0 Å². The van der Waals surface area contributed by atoms with Crippen LogP contribution >= 0.6 is 0 Å². The zero-order chi connectivity index (χ0) is 3.58. The third-order valence-corrected chi connectivity index (χ3v) is 0. The second-order valence-electron chi connectivity index (χ2n) is 0.217. The molecule has 0 heterocycles. The van der Waals surface area contributed by atoms with Crippen LogP contribution < -0.4 is 0 Å². The van der Waals surface area contributed by atoms with Crippen molar-refractivity contribution in [2.75, 3.05) is 0 Å². The molecule has 3 nitrogen and oxygen atoms in total. The van der Waals surface area contributed by atoms with Gasteiger partial charge in [0.15, 0.2) is 0 Å². The van der Waals surface area contributed by atoms with Gasteiger partial charge in [0, 0.05) is 11.0 Å². The molecule has 0 saturated carbocycles. The Morgan fingerprint density at radius 2 is 1.40 bits per heavy atom. The van der Waals surface area contributed by atoms with Crippen molar-refractivity contribution in [1.29, 1.82) is 0 Å². The monoisotopic (exact) mass is 152 g/mol. The van der Waals surface area contributed by atoms with Crippen LogP contribution in [0.15, 0.2) is 0 Å². The summed E-state index contributed by atoms with van der Waals surface area (Å²) in [7, 11) is -2.86. The molecule has 0 atom stereocenters. The first-order valence-corrected chi connectivity index (χ1v) is 1.55. The summed E-state index contributed by atoms with van der Waals surface area (Å²) in [5.74, 6) is 0. The second-order valence-corrected chi connectivity index (χ2v) is 0.651. The van der Waals surface area contributed by atoms with Crippen LogP contribution in [0.3, 0.4) is 0 Å². The van der Waals surface area contributed by atoms with E-state index in [0.29, 0.717) is 0 Å². The second kappa shape index (κ2) is 4.55. The maximum absolute atomic E-state index is 8.56. The Kier molecular flexibility index (Phi) is 8.29. The van der Waals surface area contributed by atoms with Gasteiger partial charge in [-0.3, -0.25) is 0 Å². The van der Waals surface area contributed by atoms with Gasteiger partial charge in [0.05, 0.1) is 0 Å². The molecule has 0 rings (SSSR count). The average molecular weight is 153 g/mol. The van der Waals surface area contributed by atoms with E-state index in [4.69, 9.17) is 13.0 Å². The molecule has 0 aromatic carbocycles. The summed E-state index contributed by atoms with van der Waals surface area (Å²) in [5, 5.41) is 0. The summed E-state index contributed by atoms with van der Waals surface area (Å²) in [6, 6.07) is 0. The molecule has 0 aliphatic carbocycles. The topological polar surface area (TPSA) is 54.4 Å². The quantitative estimate of drug-likeness (QED) is 0.207. The van der Waals surface area contributed by atoms with Gasteiger partial charge in [-0.05, 0) is 0 Å². The van der Waals surface area contributed by atoms with Crippen LogP contribution in [-0.4, -0.2) is 24.3 Å². The van der Waals surface area contributed by atoms with Gasteiger partial charge in [-0.15, -0.1) is 0 Å². The molecule has 0 spiro atoms. The first-order valence-electron chi connectivity index (χ1n) is 0.516. The number of hydrogen-bond donors (Lipinski definition) is 1. The van der Waals surface area contributed by atoms with E-state index >= 15 is 0 Å². The summed E-state index contributed by atoms with van der Waals surface area (Å²) >= 11 is 0. The van der Waals surface area contributed by atoms with E-state index in [0.717, 1.165) is 0 Å². The summed E-state index contributed by atoms with van der Waals surface area (Å²) in [6.07, 6.45) is 0. The Bertz CT molecular complexity index is 55.3. The van der Waals surface area contributed by atoms with Crippen LogP contribution in [0.1, 0.15) is 0 Å². The van der Waals surface area contributed by atoms with Gasteiger partial charge >= 0.3 is 19.8 Å². The van der Waals surface area contributed by atoms with Crippen LogP contribution in [0.4, 0.5) is 0 Å². The molecule has 1 radical (unpaired) electrons. The van der Waals surface area contributed by atoms with Gasteiger partial charge in [0.25, 0.3) is 0 Å². The first kappa shape index (κ1) is 9.12. The summed E-state index contributed by atoms with van der Waals surface area (Å²) in [5.41, 5.74) is 0. The Balaban J connectivity index is 0. The molecule has 0 aromatic heterocycles. The van der Waals surface area contributed by atoms with Crippen LogP contribution in [0.5, 0.6) is 0 Å².